The Morgan fingerprint density at radius 1 is 1.14 bits per heavy atom. The highest BCUT2D eigenvalue weighted by Crippen LogP contribution is 2.33. The highest BCUT2D eigenvalue weighted by molar-refractivity contribution is 5.90. The molecule has 2 aromatic carbocycles. The van der Waals surface area contributed by atoms with E-state index in [9.17, 15) is 4.79 Å². The molecule has 21 heavy (non-hydrogen) atoms. The number of carboxylic acid groups (broad SMARTS) is 1. The van der Waals surface area contributed by atoms with Gasteiger partial charge in [-0.15, -0.1) is 0 Å². The topological polar surface area (TPSA) is 55.8 Å². The molecule has 2 aromatic rings. The van der Waals surface area contributed by atoms with E-state index in [0.717, 1.165) is 29.7 Å². The normalized spacial score (nSPS) is 13.8. The summed E-state index contributed by atoms with van der Waals surface area (Å²) in [5.41, 5.74) is 1.90. The second-order valence-electron chi connectivity index (χ2n) is 5.06. The predicted molar refractivity (Wildman–Crippen MR) is 79.0 cm³/mol. The number of hydrogen-bond acceptors (Lipinski definition) is 3. The molecule has 0 bridgehead atoms. The van der Waals surface area contributed by atoms with Gasteiger partial charge < -0.3 is 14.6 Å². The zero-order chi connectivity index (χ0) is 14.8. The van der Waals surface area contributed by atoms with Crippen molar-refractivity contribution >= 4 is 5.97 Å². The molecular weight excluding hydrogens is 268 g/mol. The van der Waals surface area contributed by atoms with Gasteiger partial charge in [0.15, 0.2) is 0 Å². The van der Waals surface area contributed by atoms with Crippen LogP contribution < -0.4 is 9.47 Å². The summed E-state index contributed by atoms with van der Waals surface area (Å²) in [4.78, 5) is 11.1. The lowest BCUT2D eigenvalue weighted by molar-refractivity contribution is 0.0697. The van der Waals surface area contributed by atoms with Crippen LogP contribution in [0.4, 0.5) is 0 Å². The molecule has 0 amide bonds. The number of ether oxygens (including phenoxy) is 2. The summed E-state index contributed by atoms with van der Waals surface area (Å²) >= 11 is 0. The molecule has 0 radical (unpaired) electrons. The van der Waals surface area contributed by atoms with Crippen LogP contribution in [0.15, 0.2) is 42.5 Å². The lowest BCUT2D eigenvalue weighted by Gasteiger charge is -2.11. The number of carboxylic acids is 1. The highest BCUT2D eigenvalue weighted by atomic mass is 16.5. The van der Waals surface area contributed by atoms with Crippen molar-refractivity contribution in [3.63, 3.8) is 0 Å². The molecule has 1 aliphatic carbocycles. The highest BCUT2D eigenvalue weighted by Gasteiger charge is 2.23. The lowest BCUT2D eigenvalue weighted by atomic mass is 10.0. The Morgan fingerprint density at radius 2 is 1.86 bits per heavy atom. The van der Waals surface area contributed by atoms with Gasteiger partial charge in [-0.2, -0.15) is 0 Å². The maximum Gasteiger partial charge on any atom is 0.335 e. The Balaban J connectivity index is 1.93. The van der Waals surface area contributed by atoms with E-state index in [1.807, 2.05) is 24.3 Å². The fraction of sp³-hybridized carbons (Fsp3) is 0.235. The summed E-state index contributed by atoms with van der Waals surface area (Å²) < 4.78 is 11.0. The third kappa shape index (κ3) is 2.99. The van der Waals surface area contributed by atoms with Crippen LogP contribution in [0.25, 0.3) is 11.1 Å². The summed E-state index contributed by atoms with van der Waals surface area (Å²) in [7, 11) is 1.57. The van der Waals surface area contributed by atoms with Gasteiger partial charge in [-0.25, -0.2) is 4.79 Å². The molecule has 0 unspecified atom stereocenters. The van der Waals surface area contributed by atoms with Gasteiger partial charge in [0.25, 0.3) is 0 Å². The van der Waals surface area contributed by atoms with Crippen molar-refractivity contribution in [2.24, 2.45) is 0 Å². The Kier molecular flexibility index (Phi) is 3.52. The first-order valence-electron chi connectivity index (χ1n) is 6.86. The molecule has 1 saturated carbocycles. The summed E-state index contributed by atoms with van der Waals surface area (Å²) in [6, 6.07) is 12.5. The van der Waals surface area contributed by atoms with Crippen LogP contribution in [0.5, 0.6) is 11.5 Å². The summed E-state index contributed by atoms with van der Waals surface area (Å²) in [6.07, 6.45) is 2.60. The van der Waals surface area contributed by atoms with Gasteiger partial charge in [-0.3, -0.25) is 0 Å². The van der Waals surface area contributed by atoms with E-state index in [4.69, 9.17) is 14.6 Å². The van der Waals surface area contributed by atoms with Crippen LogP contribution in [0.1, 0.15) is 23.2 Å². The minimum absolute atomic E-state index is 0.240. The van der Waals surface area contributed by atoms with Gasteiger partial charge in [-0.1, -0.05) is 12.1 Å². The molecule has 0 saturated heterocycles. The minimum Gasteiger partial charge on any atom is -0.496 e. The lowest BCUT2D eigenvalue weighted by Crippen LogP contribution is -1.98. The minimum atomic E-state index is -0.951. The molecule has 0 aromatic heterocycles. The molecule has 0 aliphatic heterocycles. The summed E-state index contributed by atoms with van der Waals surface area (Å²) in [5.74, 6) is 0.540. The smallest absolute Gasteiger partial charge is 0.335 e. The molecule has 108 valence electrons. The third-order valence-electron chi connectivity index (χ3n) is 3.44. The van der Waals surface area contributed by atoms with Crippen LogP contribution in [0, 0.1) is 0 Å². The summed E-state index contributed by atoms with van der Waals surface area (Å²) in [6.45, 7) is 0. The number of methoxy groups -OCH3 is 1. The molecule has 0 heterocycles. The van der Waals surface area contributed by atoms with Crippen LogP contribution in [-0.2, 0) is 0 Å². The van der Waals surface area contributed by atoms with Crippen molar-refractivity contribution in [3.05, 3.63) is 48.0 Å². The molecule has 3 rings (SSSR count). The van der Waals surface area contributed by atoms with E-state index < -0.39 is 5.97 Å². The zero-order valence-corrected chi connectivity index (χ0v) is 11.7. The molecule has 4 heteroatoms. The van der Waals surface area contributed by atoms with Gasteiger partial charge in [0.1, 0.15) is 11.5 Å². The van der Waals surface area contributed by atoms with Crippen molar-refractivity contribution in [2.75, 3.05) is 7.11 Å². The van der Waals surface area contributed by atoms with Gasteiger partial charge in [0, 0.05) is 5.56 Å². The molecule has 1 N–H and O–H groups in total. The van der Waals surface area contributed by atoms with Crippen molar-refractivity contribution in [2.45, 2.75) is 18.9 Å². The van der Waals surface area contributed by atoms with Gasteiger partial charge in [0.2, 0.25) is 0 Å². The molecule has 4 nitrogen and oxygen atoms in total. The quantitative estimate of drug-likeness (QED) is 0.911. The second-order valence-corrected chi connectivity index (χ2v) is 5.06. The van der Waals surface area contributed by atoms with Gasteiger partial charge in [0.05, 0.1) is 18.8 Å². The molecule has 1 aliphatic rings. The molecule has 0 spiro atoms. The predicted octanol–water partition coefficient (Wildman–Crippen LogP) is 3.60. The molecule has 0 atom stereocenters. The van der Waals surface area contributed by atoms with Crippen molar-refractivity contribution in [1.29, 1.82) is 0 Å². The van der Waals surface area contributed by atoms with Gasteiger partial charge in [-0.05, 0) is 48.7 Å². The maximum atomic E-state index is 11.1. The Bertz CT molecular complexity index is 657. The SMILES string of the molecule is COc1ccc(C(=O)O)cc1-c1ccc(OC2CC2)cc1. The largest absolute Gasteiger partial charge is 0.496 e. The zero-order valence-electron chi connectivity index (χ0n) is 11.7. The monoisotopic (exact) mass is 284 g/mol. The average molecular weight is 284 g/mol. The first kappa shape index (κ1) is 13.5. The van der Waals surface area contributed by atoms with E-state index in [-0.39, 0.29) is 5.56 Å². The summed E-state index contributed by atoms with van der Waals surface area (Å²) in [5, 5.41) is 9.11. The van der Waals surface area contributed by atoms with E-state index in [2.05, 4.69) is 0 Å². The van der Waals surface area contributed by atoms with Crippen molar-refractivity contribution in [1.82, 2.24) is 0 Å². The van der Waals surface area contributed by atoms with Crippen LogP contribution in [0.3, 0.4) is 0 Å². The Hall–Kier alpha value is -2.49. The fourth-order valence-corrected chi connectivity index (χ4v) is 2.16. The van der Waals surface area contributed by atoms with Crippen molar-refractivity contribution < 1.29 is 19.4 Å². The Morgan fingerprint density at radius 3 is 2.43 bits per heavy atom. The number of rotatable bonds is 5. The van der Waals surface area contributed by atoms with E-state index in [1.54, 1.807) is 19.2 Å². The first-order valence-corrected chi connectivity index (χ1v) is 6.86. The van der Waals surface area contributed by atoms with E-state index in [1.165, 1.54) is 6.07 Å². The number of benzene rings is 2. The van der Waals surface area contributed by atoms with Crippen LogP contribution in [-0.4, -0.2) is 24.3 Å². The molecule has 1 fully saturated rings. The number of aromatic carboxylic acids is 1. The van der Waals surface area contributed by atoms with E-state index in [0.29, 0.717) is 11.9 Å². The van der Waals surface area contributed by atoms with Crippen LogP contribution in [0.2, 0.25) is 0 Å². The second kappa shape index (κ2) is 5.48. The number of hydrogen-bond donors (Lipinski definition) is 1. The van der Waals surface area contributed by atoms with Crippen LogP contribution >= 0.6 is 0 Å². The number of carbonyl (C=O) groups is 1. The first-order chi connectivity index (χ1) is 10.2. The maximum absolute atomic E-state index is 11.1. The van der Waals surface area contributed by atoms with E-state index >= 15 is 0 Å². The molecular formula is C17H16O4. The standard InChI is InChI=1S/C17H16O4/c1-20-16-9-4-12(17(18)19)10-15(16)11-2-5-13(6-3-11)21-14-7-8-14/h2-6,9-10,14H,7-8H2,1H3,(H,18,19). The Labute approximate surface area is 122 Å². The van der Waals surface area contributed by atoms with Crippen molar-refractivity contribution in [3.8, 4) is 22.6 Å². The third-order valence-corrected chi connectivity index (χ3v) is 3.44. The fourth-order valence-electron chi connectivity index (χ4n) is 2.16. The average Bonchev–Trinajstić information content (AvgIpc) is 3.31. The van der Waals surface area contributed by atoms with Gasteiger partial charge >= 0.3 is 5.97 Å².